The lowest BCUT2D eigenvalue weighted by atomic mass is 10.1. The van der Waals surface area contributed by atoms with Crippen LogP contribution in [-0.2, 0) is 16.2 Å². The zero-order valence-electron chi connectivity index (χ0n) is 17.3. The molecule has 6 nitrogen and oxygen atoms in total. The normalized spacial score (nSPS) is 15.5. The number of nitrogens with one attached hydrogen (secondary N) is 1. The van der Waals surface area contributed by atoms with Crippen LogP contribution in [0, 0.1) is 0 Å². The fraction of sp³-hybridized carbons (Fsp3) is 0.200. The highest BCUT2D eigenvalue weighted by Crippen LogP contribution is 2.31. The monoisotopic (exact) mass is 416 g/mol. The quantitative estimate of drug-likeness (QED) is 0.646. The minimum atomic E-state index is -0.270. The smallest absolute Gasteiger partial charge is 0.265 e. The Morgan fingerprint density at radius 1 is 0.935 bits per heavy atom. The summed E-state index contributed by atoms with van der Waals surface area (Å²) in [5.41, 5.74) is 2.40. The van der Waals surface area contributed by atoms with Crippen LogP contribution in [-0.4, -0.2) is 24.5 Å². The number of carbonyl (C=O) groups is 2. The molecule has 6 heteroatoms. The molecule has 1 N–H and O–H groups in total. The van der Waals surface area contributed by atoms with Crippen LogP contribution in [0.1, 0.15) is 18.9 Å². The molecule has 0 saturated heterocycles. The van der Waals surface area contributed by atoms with Crippen molar-refractivity contribution in [1.82, 2.24) is 0 Å². The van der Waals surface area contributed by atoms with Crippen LogP contribution in [0.2, 0.25) is 0 Å². The number of rotatable bonds is 6. The van der Waals surface area contributed by atoms with Gasteiger partial charge in [0.25, 0.3) is 5.91 Å². The summed E-state index contributed by atoms with van der Waals surface area (Å²) in [6, 6.07) is 24.1. The second kappa shape index (κ2) is 9.34. The molecule has 0 fully saturated rings. The van der Waals surface area contributed by atoms with Gasteiger partial charge < -0.3 is 19.7 Å². The lowest BCUT2D eigenvalue weighted by molar-refractivity contribution is -0.121. The fourth-order valence-electron chi connectivity index (χ4n) is 3.56. The first-order chi connectivity index (χ1) is 15.1. The predicted molar refractivity (Wildman–Crippen MR) is 119 cm³/mol. The second-order valence-electron chi connectivity index (χ2n) is 7.42. The van der Waals surface area contributed by atoms with Crippen LogP contribution >= 0.6 is 0 Å². The van der Waals surface area contributed by atoms with Crippen molar-refractivity contribution < 1.29 is 19.1 Å². The first-order valence-electron chi connectivity index (χ1n) is 10.2. The van der Waals surface area contributed by atoms with Crippen molar-refractivity contribution >= 4 is 23.2 Å². The molecule has 2 amide bonds. The Kier molecular flexibility index (Phi) is 6.17. The summed E-state index contributed by atoms with van der Waals surface area (Å²) in [7, 11) is 0. The third-order valence-corrected chi connectivity index (χ3v) is 5.06. The van der Waals surface area contributed by atoms with Crippen molar-refractivity contribution in [3.63, 3.8) is 0 Å². The van der Waals surface area contributed by atoms with E-state index in [1.807, 2.05) is 67.6 Å². The minimum absolute atomic E-state index is 0.109. The van der Waals surface area contributed by atoms with Gasteiger partial charge in [-0.25, -0.2) is 0 Å². The summed E-state index contributed by atoms with van der Waals surface area (Å²) >= 11 is 0. The number of hydrogen-bond acceptors (Lipinski definition) is 4. The first-order valence-corrected chi connectivity index (χ1v) is 10.2. The van der Waals surface area contributed by atoms with E-state index >= 15 is 0 Å². The number of ether oxygens (including phenoxy) is 2. The molecule has 1 aliphatic rings. The summed E-state index contributed by atoms with van der Waals surface area (Å²) in [4.78, 5) is 26.7. The van der Waals surface area contributed by atoms with Gasteiger partial charge in [0.1, 0.15) is 18.1 Å². The molecule has 1 aliphatic heterocycles. The van der Waals surface area contributed by atoms with Crippen LogP contribution in [0.5, 0.6) is 11.5 Å². The molecule has 0 aromatic heterocycles. The molecule has 0 unspecified atom stereocenters. The third kappa shape index (κ3) is 5.04. The maximum Gasteiger partial charge on any atom is 0.265 e. The van der Waals surface area contributed by atoms with Gasteiger partial charge in [-0.15, -0.1) is 0 Å². The molecule has 31 heavy (non-hydrogen) atoms. The van der Waals surface area contributed by atoms with Gasteiger partial charge in [-0.3, -0.25) is 9.59 Å². The third-order valence-electron chi connectivity index (χ3n) is 5.06. The average molecular weight is 416 g/mol. The number of amides is 2. The Labute approximate surface area is 181 Å². The van der Waals surface area contributed by atoms with Gasteiger partial charge >= 0.3 is 0 Å². The fourth-order valence-corrected chi connectivity index (χ4v) is 3.56. The van der Waals surface area contributed by atoms with Crippen molar-refractivity contribution in [2.24, 2.45) is 0 Å². The molecule has 1 heterocycles. The van der Waals surface area contributed by atoms with Gasteiger partial charge in [0.2, 0.25) is 5.91 Å². The van der Waals surface area contributed by atoms with E-state index in [4.69, 9.17) is 9.47 Å². The molecular weight excluding hydrogens is 392 g/mol. The predicted octanol–water partition coefficient (Wildman–Crippen LogP) is 4.41. The zero-order chi connectivity index (χ0) is 21.6. The van der Waals surface area contributed by atoms with E-state index in [-0.39, 0.29) is 30.9 Å². The number of anilines is 2. The Hall–Kier alpha value is -3.80. The van der Waals surface area contributed by atoms with Gasteiger partial charge in [0.05, 0.1) is 11.4 Å². The molecule has 0 saturated carbocycles. The van der Waals surface area contributed by atoms with E-state index in [0.717, 1.165) is 11.3 Å². The summed E-state index contributed by atoms with van der Waals surface area (Å²) in [6.45, 7) is 2.22. The second-order valence-corrected chi connectivity index (χ2v) is 7.42. The van der Waals surface area contributed by atoms with Gasteiger partial charge in [0, 0.05) is 12.5 Å². The first kappa shape index (κ1) is 20.5. The number of benzene rings is 3. The Balaban J connectivity index is 1.37. The van der Waals surface area contributed by atoms with Gasteiger partial charge in [-0.2, -0.15) is 0 Å². The highest BCUT2D eigenvalue weighted by Gasteiger charge is 2.29. The van der Waals surface area contributed by atoms with Gasteiger partial charge in [-0.1, -0.05) is 42.5 Å². The molecular formula is C25H24N2O4. The standard InChI is InChI=1S/C25H24N2O4/c1-18-15-24(28)26-22-9-5-6-10-23(22)27(18)25(29)17-31-21-13-11-20(12-14-21)30-16-19-7-3-2-4-8-19/h2-14,18H,15-17H2,1H3,(H,26,28)/t18-/m0/s1. The maximum atomic E-state index is 13.0. The zero-order valence-corrected chi connectivity index (χ0v) is 17.3. The highest BCUT2D eigenvalue weighted by molar-refractivity contribution is 6.04. The minimum Gasteiger partial charge on any atom is -0.489 e. The number of fused-ring (bicyclic) bond motifs is 1. The van der Waals surface area contributed by atoms with Crippen LogP contribution < -0.4 is 19.7 Å². The Bertz CT molecular complexity index is 1050. The summed E-state index contributed by atoms with van der Waals surface area (Å²) < 4.78 is 11.5. The average Bonchev–Trinajstić information content (AvgIpc) is 2.91. The Morgan fingerprint density at radius 2 is 1.58 bits per heavy atom. The molecule has 4 rings (SSSR count). The molecule has 0 bridgehead atoms. The SMILES string of the molecule is C[C@H]1CC(=O)Nc2ccccc2N1C(=O)COc1ccc(OCc2ccccc2)cc1. The van der Waals surface area contributed by atoms with Gasteiger partial charge in [-0.05, 0) is 48.9 Å². The number of para-hydroxylation sites is 2. The van der Waals surface area contributed by atoms with E-state index in [1.54, 1.807) is 23.1 Å². The van der Waals surface area contributed by atoms with Crippen molar-refractivity contribution in [2.45, 2.75) is 26.0 Å². The highest BCUT2D eigenvalue weighted by atomic mass is 16.5. The van der Waals surface area contributed by atoms with E-state index < -0.39 is 0 Å². The van der Waals surface area contributed by atoms with E-state index in [0.29, 0.717) is 23.7 Å². The molecule has 1 atom stereocenters. The molecule has 0 aliphatic carbocycles. The number of carbonyl (C=O) groups excluding carboxylic acids is 2. The summed E-state index contributed by atoms with van der Waals surface area (Å²) in [5.74, 6) is 0.982. The van der Waals surface area contributed by atoms with E-state index in [1.165, 1.54) is 0 Å². The van der Waals surface area contributed by atoms with E-state index in [9.17, 15) is 9.59 Å². The number of nitrogens with zero attached hydrogens (tertiary/aromatic N) is 1. The number of hydrogen-bond donors (Lipinski definition) is 1. The van der Waals surface area contributed by atoms with Crippen molar-refractivity contribution in [2.75, 3.05) is 16.8 Å². The maximum absolute atomic E-state index is 13.0. The lowest BCUT2D eigenvalue weighted by Gasteiger charge is -2.27. The molecule has 158 valence electrons. The van der Waals surface area contributed by atoms with Crippen LogP contribution in [0.25, 0.3) is 0 Å². The lowest BCUT2D eigenvalue weighted by Crippen LogP contribution is -2.41. The molecule has 3 aromatic rings. The largest absolute Gasteiger partial charge is 0.489 e. The summed E-state index contributed by atoms with van der Waals surface area (Å²) in [5, 5.41) is 2.85. The van der Waals surface area contributed by atoms with Crippen LogP contribution in [0.3, 0.4) is 0 Å². The van der Waals surface area contributed by atoms with Crippen LogP contribution in [0.4, 0.5) is 11.4 Å². The molecule has 0 radical (unpaired) electrons. The van der Waals surface area contributed by atoms with Crippen molar-refractivity contribution in [1.29, 1.82) is 0 Å². The van der Waals surface area contributed by atoms with E-state index in [2.05, 4.69) is 5.32 Å². The summed E-state index contributed by atoms with van der Waals surface area (Å²) in [6.07, 6.45) is 0.230. The molecule has 0 spiro atoms. The van der Waals surface area contributed by atoms with Gasteiger partial charge in [0.15, 0.2) is 6.61 Å². The topological polar surface area (TPSA) is 67.9 Å². The van der Waals surface area contributed by atoms with Crippen molar-refractivity contribution in [3.05, 3.63) is 84.4 Å². The Morgan fingerprint density at radius 3 is 2.32 bits per heavy atom. The van der Waals surface area contributed by atoms with Crippen LogP contribution in [0.15, 0.2) is 78.9 Å². The van der Waals surface area contributed by atoms with Crippen molar-refractivity contribution in [3.8, 4) is 11.5 Å². The molecule has 3 aromatic carbocycles.